The Balaban J connectivity index is 3.15. The summed E-state index contributed by atoms with van der Waals surface area (Å²) in [6.07, 6.45) is 0.182. The minimum atomic E-state index is -3.56. The van der Waals surface area contributed by atoms with E-state index >= 15 is 0 Å². The standard InChI is InChI=1S/C11H12Br2N2O2S/c1-2-15(7-3-6-14)18(16,17)11-5-4-9(12)8-10(11)13/h4-5,8H,2-3,7H2,1H3. The molecule has 0 spiro atoms. The molecule has 0 heterocycles. The fourth-order valence-electron chi connectivity index (χ4n) is 1.45. The number of nitrogens with zero attached hydrogens (tertiary/aromatic N) is 2. The largest absolute Gasteiger partial charge is 0.244 e. The number of benzene rings is 1. The van der Waals surface area contributed by atoms with Crippen LogP contribution in [0.2, 0.25) is 0 Å². The second kappa shape index (κ2) is 6.66. The van der Waals surface area contributed by atoms with Crippen molar-refractivity contribution in [2.75, 3.05) is 13.1 Å². The lowest BCUT2D eigenvalue weighted by Crippen LogP contribution is -2.32. The molecule has 1 rings (SSSR count). The maximum atomic E-state index is 12.4. The Bertz CT molecular complexity index is 567. The number of halogens is 2. The predicted octanol–water partition coefficient (Wildman–Crippen LogP) is 3.14. The highest BCUT2D eigenvalue weighted by Crippen LogP contribution is 2.28. The summed E-state index contributed by atoms with van der Waals surface area (Å²) in [5.41, 5.74) is 0. The summed E-state index contributed by atoms with van der Waals surface area (Å²) in [6.45, 7) is 2.30. The molecule has 0 unspecified atom stereocenters. The summed E-state index contributed by atoms with van der Waals surface area (Å²) in [5, 5.41) is 8.55. The fourth-order valence-corrected chi connectivity index (χ4v) is 4.60. The second-order valence-corrected chi connectivity index (χ2v) is 7.16. The average Bonchev–Trinajstić information content (AvgIpc) is 2.29. The van der Waals surface area contributed by atoms with Crippen LogP contribution in [0.5, 0.6) is 0 Å². The molecular weight excluding hydrogens is 384 g/mol. The Morgan fingerprint density at radius 2 is 2.06 bits per heavy atom. The maximum absolute atomic E-state index is 12.4. The third kappa shape index (κ3) is 3.54. The first-order valence-corrected chi connectivity index (χ1v) is 8.28. The van der Waals surface area contributed by atoms with E-state index in [0.29, 0.717) is 11.0 Å². The molecule has 1 aromatic carbocycles. The molecule has 4 nitrogen and oxygen atoms in total. The van der Waals surface area contributed by atoms with Gasteiger partial charge in [0.1, 0.15) is 0 Å². The van der Waals surface area contributed by atoms with Gasteiger partial charge in [-0.2, -0.15) is 9.57 Å². The zero-order valence-corrected chi connectivity index (χ0v) is 13.7. The molecule has 0 bridgehead atoms. The molecule has 0 saturated carbocycles. The van der Waals surface area contributed by atoms with Crippen LogP contribution in [-0.4, -0.2) is 25.8 Å². The molecule has 1 aromatic rings. The Hall–Kier alpha value is -0.420. The molecule has 0 aliphatic heterocycles. The number of hydrogen-bond donors (Lipinski definition) is 0. The molecule has 0 aliphatic carbocycles. The second-order valence-electron chi connectivity index (χ2n) is 3.48. The van der Waals surface area contributed by atoms with Crippen LogP contribution in [0.1, 0.15) is 13.3 Å². The van der Waals surface area contributed by atoms with E-state index in [9.17, 15) is 8.42 Å². The quantitative estimate of drug-likeness (QED) is 0.769. The normalized spacial score (nSPS) is 11.5. The number of rotatable bonds is 5. The van der Waals surface area contributed by atoms with Gasteiger partial charge < -0.3 is 0 Å². The lowest BCUT2D eigenvalue weighted by molar-refractivity contribution is 0.434. The van der Waals surface area contributed by atoms with Crippen molar-refractivity contribution in [2.45, 2.75) is 18.2 Å². The highest BCUT2D eigenvalue weighted by atomic mass is 79.9. The van der Waals surface area contributed by atoms with Gasteiger partial charge in [-0.1, -0.05) is 22.9 Å². The van der Waals surface area contributed by atoms with Crippen molar-refractivity contribution in [1.82, 2.24) is 4.31 Å². The minimum Gasteiger partial charge on any atom is -0.207 e. The Morgan fingerprint density at radius 3 is 2.56 bits per heavy atom. The van der Waals surface area contributed by atoms with Gasteiger partial charge in [-0.05, 0) is 34.1 Å². The Kier molecular flexibility index (Phi) is 5.79. The van der Waals surface area contributed by atoms with Crippen LogP contribution in [0.25, 0.3) is 0 Å². The molecule has 0 aromatic heterocycles. The lowest BCUT2D eigenvalue weighted by atomic mass is 10.4. The van der Waals surface area contributed by atoms with Crippen molar-refractivity contribution in [2.24, 2.45) is 0 Å². The highest BCUT2D eigenvalue weighted by Gasteiger charge is 2.24. The van der Waals surface area contributed by atoms with Crippen LogP contribution in [0.3, 0.4) is 0 Å². The predicted molar refractivity (Wildman–Crippen MR) is 76.5 cm³/mol. The van der Waals surface area contributed by atoms with Crippen molar-refractivity contribution in [3.8, 4) is 6.07 Å². The lowest BCUT2D eigenvalue weighted by Gasteiger charge is -2.20. The third-order valence-corrected chi connectivity index (χ3v) is 5.78. The van der Waals surface area contributed by atoms with E-state index in [2.05, 4.69) is 31.9 Å². The molecule has 0 radical (unpaired) electrons. The molecule has 0 fully saturated rings. The molecule has 18 heavy (non-hydrogen) atoms. The van der Waals surface area contributed by atoms with Crippen molar-refractivity contribution in [3.63, 3.8) is 0 Å². The molecule has 0 amide bonds. The minimum absolute atomic E-state index is 0.182. The van der Waals surface area contributed by atoms with E-state index < -0.39 is 10.0 Å². The van der Waals surface area contributed by atoms with Crippen molar-refractivity contribution >= 4 is 41.9 Å². The van der Waals surface area contributed by atoms with Gasteiger partial charge in [0.25, 0.3) is 0 Å². The average molecular weight is 396 g/mol. The van der Waals surface area contributed by atoms with E-state index in [1.807, 2.05) is 6.07 Å². The van der Waals surface area contributed by atoms with Gasteiger partial charge in [0.15, 0.2) is 0 Å². The van der Waals surface area contributed by atoms with Gasteiger partial charge in [-0.3, -0.25) is 0 Å². The highest BCUT2D eigenvalue weighted by molar-refractivity contribution is 9.11. The Labute approximate surface area is 124 Å². The van der Waals surface area contributed by atoms with Gasteiger partial charge in [0, 0.05) is 28.5 Å². The van der Waals surface area contributed by atoms with E-state index in [-0.39, 0.29) is 17.9 Å². The topological polar surface area (TPSA) is 61.2 Å². The van der Waals surface area contributed by atoms with Crippen LogP contribution in [0.4, 0.5) is 0 Å². The van der Waals surface area contributed by atoms with Crippen molar-refractivity contribution < 1.29 is 8.42 Å². The summed E-state index contributed by atoms with van der Waals surface area (Å²) in [4.78, 5) is 0.213. The number of nitriles is 1. The zero-order chi connectivity index (χ0) is 13.8. The molecule has 0 atom stereocenters. The van der Waals surface area contributed by atoms with Crippen LogP contribution >= 0.6 is 31.9 Å². The van der Waals surface area contributed by atoms with E-state index in [1.54, 1.807) is 25.1 Å². The van der Waals surface area contributed by atoms with Crippen molar-refractivity contribution in [1.29, 1.82) is 5.26 Å². The first kappa shape index (κ1) is 15.6. The van der Waals surface area contributed by atoms with Gasteiger partial charge in [0.05, 0.1) is 11.0 Å². The maximum Gasteiger partial charge on any atom is 0.244 e. The summed E-state index contributed by atoms with van der Waals surface area (Å²) in [5.74, 6) is 0. The van der Waals surface area contributed by atoms with Gasteiger partial charge in [-0.25, -0.2) is 8.42 Å². The summed E-state index contributed by atoms with van der Waals surface area (Å²) in [7, 11) is -3.56. The van der Waals surface area contributed by atoms with Crippen LogP contribution < -0.4 is 0 Å². The molecule has 7 heteroatoms. The first-order valence-electron chi connectivity index (χ1n) is 5.25. The molecule has 0 aliphatic rings. The van der Waals surface area contributed by atoms with Crippen LogP contribution in [0.15, 0.2) is 32.0 Å². The van der Waals surface area contributed by atoms with Crippen molar-refractivity contribution in [3.05, 3.63) is 27.1 Å². The number of sulfonamides is 1. The third-order valence-electron chi connectivity index (χ3n) is 2.34. The van der Waals surface area contributed by atoms with Crippen LogP contribution in [0, 0.1) is 11.3 Å². The molecular formula is C11H12Br2N2O2S. The van der Waals surface area contributed by atoms with E-state index in [1.165, 1.54) is 4.31 Å². The monoisotopic (exact) mass is 394 g/mol. The van der Waals surface area contributed by atoms with Gasteiger partial charge in [-0.15, -0.1) is 0 Å². The zero-order valence-electron chi connectivity index (χ0n) is 9.73. The first-order chi connectivity index (χ1) is 8.43. The van der Waals surface area contributed by atoms with E-state index in [4.69, 9.17) is 5.26 Å². The summed E-state index contributed by atoms with van der Waals surface area (Å²) >= 11 is 6.53. The molecule has 0 N–H and O–H groups in total. The van der Waals surface area contributed by atoms with E-state index in [0.717, 1.165) is 4.47 Å². The van der Waals surface area contributed by atoms with Crippen LogP contribution in [-0.2, 0) is 10.0 Å². The summed E-state index contributed by atoms with van der Waals surface area (Å²) in [6, 6.07) is 6.86. The van der Waals surface area contributed by atoms with Gasteiger partial charge in [0.2, 0.25) is 10.0 Å². The Morgan fingerprint density at radius 1 is 1.39 bits per heavy atom. The fraction of sp³-hybridized carbons (Fsp3) is 0.364. The SMILES string of the molecule is CCN(CCC#N)S(=O)(=O)c1ccc(Br)cc1Br. The molecule has 98 valence electrons. The molecule has 0 saturated heterocycles. The number of hydrogen-bond acceptors (Lipinski definition) is 3. The summed E-state index contributed by atoms with van der Waals surface area (Å²) < 4.78 is 27.3. The smallest absolute Gasteiger partial charge is 0.207 e. The van der Waals surface area contributed by atoms with Gasteiger partial charge >= 0.3 is 0 Å².